The number of hydrogen-bond acceptors (Lipinski definition) is 5. The molecule has 2 heterocycles. The average Bonchev–Trinajstić information content (AvgIpc) is 3.12. The van der Waals surface area contributed by atoms with E-state index in [2.05, 4.69) is 15.3 Å². The smallest absolute Gasteiger partial charge is 0.224 e. The number of carbonyl (C=O) groups excluding carboxylic acids is 1. The molecule has 0 spiro atoms. The van der Waals surface area contributed by atoms with Gasteiger partial charge in [-0.25, -0.2) is 4.98 Å². The van der Waals surface area contributed by atoms with Crippen molar-refractivity contribution in [2.24, 2.45) is 0 Å². The Morgan fingerprint density at radius 2 is 2.04 bits per heavy atom. The standard InChI is InChI=1S/C19H19N3O2S/c1-2-24-17-9-4-3-7-15(17)22-18(23)11-10-14-13-25-19(21-14)16-8-5-6-12-20-16/h3-9,12-13H,2,10-11H2,1H3,(H,22,23). The molecule has 3 aromatic rings. The summed E-state index contributed by atoms with van der Waals surface area (Å²) in [6.07, 6.45) is 2.71. The van der Waals surface area contributed by atoms with Gasteiger partial charge < -0.3 is 10.1 Å². The third-order valence-electron chi connectivity index (χ3n) is 3.50. The molecule has 0 saturated heterocycles. The Morgan fingerprint density at radius 3 is 2.84 bits per heavy atom. The van der Waals surface area contributed by atoms with Crippen LogP contribution < -0.4 is 10.1 Å². The molecule has 128 valence electrons. The molecule has 0 aliphatic rings. The first kappa shape index (κ1) is 17.1. The maximum absolute atomic E-state index is 12.2. The van der Waals surface area contributed by atoms with Crippen molar-refractivity contribution < 1.29 is 9.53 Å². The van der Waals surface area contributed by atoms with Gasteiger partial charge >= 0.3 is 0 Å². The minimum Gasteiger partial charge on any atom is -0.492 e. The van der Waals surface area contributed by atoms with E-state index in [1.54, 1.807) is 17.5 Å². The van der Waals surface area contributed by atoms with Crippen LogP contribution in [0.2, 0.25) is 0 Å². The van der Waals surface area contributed by atoms with Crippen molar-refractivity contribution in [2.45, 2.75) is 19.8 Å². The molecule has 0 aliphatic carbocycles. The highest BCUT2D eigenvalue weighted by atomic mass is 32.1. The molecule has 1 aromatic carbocycles. The van der Waals surface area contributed by atoms with Crippen LogP contribution in [0.1, 0.15) is 19.0 Å². The fraction of sp³-hybridized carbons (Fsp3) is 0.211. The number of carbonyl (C=O) groups is 1. The van der Waals surface area contributed by atoms with Crippen LogP contribution in [0.25, 0.3) is 10.7 Å². The number of nitrogens with one attached hydrogen (secondary N) is 1. The van der Waals surface area contributed by atoms with Gasteiger partial charge in [-0.05, 0) is 37.6 Å². The fourth-order valence-electron chi connectivity index (χ4n) is 2.33. The van der Waals surface area contributed by atoms with Gasteiger partial charge in [-0.1, -0.05) is 18.2 Å². The van der Waals surface area contributed by atoms with E-state index in [0.717, 1.165) is 16.4 Å². The van der Waals surface area contributed by atoms with Gasteiger partial charge in [0, 0.05) is 18.0 Å². The first-order valence-corrected chi connectivity index (χ1v) is 9.01. The maximum Gasteiger partial charge on any atom is 0.224 e. The molecule has 1 N–H and O–H groups in total. The van der Waals surface area contributed by atoms with Crippen molar-refractivity contribution in [3.63, 3.8) is 0 Å². The predicted molar refractivity (Wildman–Crippen MR) is 99.9 cm³/mol. The molecule has 0 unspecified atom stereocenters. The number of thiazole rings is 1. The van der Waals surface area contributed by atoms with Crippen LogP contribution in [-0.2, 0) is 11.2 Å². The second kappa shape index (κ2) is 8.39. The molecule has 0 bridgehead atoms. The summed E-state index contributed by atoms with van der Waals surface area (Å²) in [7, 11) is 0. The zero-order chi connectivity index (χ0) is 17.5. The number of rotatable bonds is 7. The molecule has 0 atom stereocenters. The normalized spacial score (nSPS) is 10.4. The van der Waals surface area contributed by atoms with Crippen LogP contribution in [0.5, 0.6) is 5.75 Å². The summed E-state index contributed by atoms with van der Waals surface area (Å²) in [5.41, 5.74) is 2.45. The monoisotopic (exact) mass is 353 g/mol. The van der Waals surface area contributed by atoms with Crippen LogP contribution in [0.3, 0.4) is 0 Å². The number of pyridine rings is 1. The van der Waals surface area contributed by atoms with Gasteiger partial charge in [0.15, 0.2) is 0 Å². The molecule has 0 fully saturated rings. The Morgan fingerprint density at radius 1 is 1.20 bits per heavy atom. The quantitative estimate of drug-likeness (QED) is 0.692. The third kappa shape index (κ3) is 4.64. The van der Waals surface area contributed by atoms with Gasteiger partial charge in [-0.15, -0.1) is 11.3 Å². The molecule has 0 radical (unpaired) electrons. The van der Waals surface area contributed by atoms with Crippen molar-refractivity contribution >= 4 is 22.9 Å². The zero-order valence-corrected chi connectivity index (χ0v) is 14.8. The van der Waals surface area contributed by atoms with Gasteiger partial charge in [0.2, 0.25) is 5.91 Å². The van der Waals surface area contributed by atoms with Gasteiger partial charge in [-0.2, -0.15) is 0 Å². The molecule has 1 amide bonds. The first-order valence-electron chi connectivity index (χ1n) is 8.13. The average molecular weight is 353 g/mol. The van der Waals surface area contributed by atoms with Crippen molar-refractivity contribution in [1.82, 2.24) is 9.97 Å². The van der Waals surface area contributed by atoms with E-state index in [1.807, 2.05) is 54.8 Å². The summed E-state index contributed by atoms with van der Waals surface area (Å²) >= 11 is 1.54. The van der Waals surface area contributed by atoms with E-state index in [9.17, 15) is 4.79 Å². The maximum atomic E-state index is 12.2. The third-order valence-corrected chi connectivity index (χ3v) is 4.42. The summed E-state index contributed by atoms with van der Waals surface area (Å²) in [5, 5.41) is 5.75. The van der Waals surface area contributed by atoms with Gasteiger partial charge in [0.05, 0.1) is 23.7 Å². The number of anilines is 1. The van der Waals surface area contributed by atoms with Gasteiger partial charge in [0.25, 0.3) is 0 Å². The van der Waals surface area contributed by atoms with Crippen molar-refractivity contribution in [2.75, 3.05) is 11.9 Å². The van der Waals surface area contributed by atoms with E-state index in [1.165, 1.54) is 0 Å². The van der Waals surface area contributed by atoms with Gasteiger partial charge in [-0.3, -0.25) is 9.78 Å². The van der Waals surface area contributed by atoms with E-state index in [-0.39, 0.29) is 5.91 Å². The summed E-state index contributed by atoms with van der Waals surface area (Å²) in [5.74, 6) is 0.629. The Labute approximate surface area is 150 Å². The number of nitrogens with zero attached hydrogens (tertiary/aromatic N) is 2. The lowest BCUT2D eigenvalue weighted by Gasteiger charge is -2.10. The Bertz CT molecular complexity index is 833. The molecular formula is C19H19N3O2S. The van der Waals surface area contributed by atoms with Crippen LogP contribution in [0.15, 0.2) is 54.0 Å². The first-order chi connectivity index (χ1) is 12.3. The van der Waals surface area contributed by atoms with Crippen LogP contribution >= 0.6 is 11.3 Å². The SMILES string of the molecule is CCOc1ccccc1NC(=O)CCc1csc(-c2ccccn2)n1. The molecule has 3 rings (SSSR count). The molecule has 0 aliphatic heterocycles. The second-order valence-electron chi connectivity index (χ2n) is 5.34. The van der Waals surface area contributed by atoms with Crippen LogP contribution in [0.4, 0.5) is 5.69 Å². The molecule has 0 saturated carbocycles. The lowest BCUT2D eigenvalue weighted by molar-refractivity contribution is -0.116. The molecule has 5 nitrogen and oxygen atoms in total. The number of hydrogen-bond donors (Lipinski definition) is 1. The number of para-hydroxylation sites is 2. The number of benzene rings is 1. The van der Waals surface area contributed by atoms with Crippen molar-refractivity contribution in [1.29, 1.82) is 0 Å². The zero-order valence-electron chi connectivity index (χ0n) is 13.9. The Hall–Kier alpha value is -2.73. The number of ether oxygens (including phenoxy) is 1. The van der Waals surface area contributed by atoms with Gasteiger partial charge in [0.1, 0.15) is 10.8 Å². The van der Waals surface area contributed by atoms with Crippen molar-refractivity contribution in [3.8, 4) is 16.5 Å². The minimum absolute atomic E-state index is 0.0560. The fourth-order valence-corrected chi connectivity index (χ4v) is 3.16. The van der Waals surface area contributed by atoms with Crippen LogP contribution in [-0.4, -0.2) is 22.5 Å². The highest BCUT2D eigenvalue weighted by Gasteiger charge is 2.10. The molecule has 6 heteroatoms. The Kier molecular flexibility index (Phi) is 5.74. The van der Waals surface area contributed by atoms with E-state index >= 15 is 0 Å². The van der Waals surface area contributed by atoms with Crippen molar-refractivity contribution in [3.05, 3.63) is 59.7 Å². The predicted octanol–water partition coefficient (Wildman–Crippen LogP) is 4.18. The van der Waals surface area contributed by atoms with E-state index < -0.39 is 0 Å². The topological polar surface area (TPSA) is 64.1 Å². The number of aromatic nitrogens is 2. The van der Waals surface area contributed by atoms with Crippen LogP contribution in [0, 0.1) is 0 Å². The summed E-state index contributed by atoms with van der Waals surface area (Å²) in [6.45, 7) is 2.47. The second-order valence-corrected chi connectivity index (χ2v) is 6.19. The highest BCUT2D eigenvalue weighted by Crippen LogP contribution is 2.24. The van der Waals surface area contributed by atoms with E-state index in [4.69, 9.17) is 4.74 Å². The summed E-state index contributed by atoms with van der Waals surface area (Å²) in [4.78, 5) is 21.1. The lowest BCUT2D eigenvalue weighted by atomic mass is 10.2. The molecule has 25 heavy (non-hydrogen) atoms. The largest absolute Gasteiger partial charge is 0.492 e. The number of amides is 1. The summed E-state index contributed by atoms with van der Waals surface area (Å²) in [6, 6.07) is 13.2. The lowest BCUT2D eigenvalue weighted by Crippen LogP contribution is -2.13. The number of aryl methyl sites for hydroxylation is 1. The summed E-state index contributed by atoms with van der Waals surface area (Å²) < 4.78 is 5.52. The highest BCUT2D eigenvalue weighted by molar-refractivity contribution is 7.13. The molecule has 2 aromatic heterocycles. The minimum atomic E-state index is -0.0560. The Balaban J connectivity index is 1.57. The van der Waals surface area contributed by atoms with E-state index in [0.29, 0.717) is 30.9 Å². The molecular weight excluding hydrogens is 334 g/mol.